The molecule has 0 heterocycles. The number of nitrogens with one attached hydrogen (secondary N) is 1. The second-order valence-electron chi connectivity index (χ2n) is 7.91. The number of esters is 1. The molecule has 8 heteroatoms. The SMILES string of the molecule is CC(OC(=O)c1ccccc1C(=O)N(C)C1CCCCC1)C(=O)Nc1ccc(Cl)cc1Cl. The zero-order valence-corrected chi connectivity index (χ0v) is 19.6. The highest BCUT2D eigenvalue weighted by Gasteiger charge is 2.28. The predicted octanol–water partition coefficient (Wildman–Crippen LogP) is 5.58. The lowest BCUT2D eigenvalue weighted by molar-refractivity contribution is -0.123. The maximum Gasteiger partial charge on any atom is 0.339 e. The van der Waals surface area contributed by atoms with Crippen molar-refractivity contribution in [3.63, 3.8) is 0 Å². The smallest absolute Gasteiger partial charge is 0.339 e. The monoisotopic (exact) mass is 476 g/mol. The number of amides is 2. The van der Waals surface area contributed by atoms with E-state index >= 15 is 0 Å². The molecule has 1 aliphatic carbocycles. The quantitative estimate of drug-likeness (QED) is 0.551. The topological polar surface area (TPSA) is 75.7 Å². The van der Waals surface area contributed by atoms with E-state index in [9.17, 15) is 14.4 Å². The van der Waals surface area contributed by atoms with E-state index in [0.29, 0.717) is 10.7 Å². The van der Waals surface area contributed by atoms with Gasteiger partial charge in [-0.15, -0.1) is 0 Å². The van der Waals surface area contributed by atoms with Crippen molar-refractivity contribution in [2.45, 2.75) is 51.2 Å². The van der Waals surface area contributed by atoms with E-state index in [2.05, 4.69) is 5.32 Å². The minimum absolute atomic E-state index is 0.129. The fourth-order valence-electron chi connectivity index (χ4n) is 3.77. The first-order valence-corrected chi connectivity index (χ1v) is 11.4. The van der Waals surface area contributed by atoms with Crippen LogP contribution in [0.2, 0.25) is 10.0 Å². The van der Waals surface area contributed by atoms with Gasteiger partial charge in [0.2, 0.25) is 0 Å². The normalized spacial score (nSPS) is 15.0. The highest BCUT2D eigenvalue weighted by molar-refractivity contribution is 6.36. The Morgan fingerprint density at radius 1 is 1.03 bits per heavy atom. The molecule has 0 aromatic heterocycles. The van der Waals surface area contributed by atoms with Crippen LogP contribution in [0, 0.1) is 0 Å². The van der Waals surface area contributed by atoms with Gasteiger partial charge >= 0.3 is 5.97 Å². The van der Waals surface area contributed by atoms with Gasteiger partial charge in [-0.3, -0.25) is 9.59 Å². The summed E-state index contributed by atoms with van der Waals surface area (Å²) in [5, 5.41) is 3.32. The van der Waals surface area contributed by atoms with Crippen LogP contribution in [-0.2, 0) is 9.53 Å². The largest absolute Gasteiger partial charge is 0.449 e. The minimum atomic E-state index is -1.10. The standard InChI is InChI=1S/C24H26Cl2N2O4/c1-15(22(29)27-21-13-12-16(25)14-20(21)26)32-24(31)19-11-7-6-10-18(19)23(30)28(2)17-8-4-3-5-9-17/h6-7,10-15,17H,3-5,8-9H2,1-2H3,(H,27,29). The van der Waals surface area contributed by atoms with Gasteiger partial charge in [0.1, 0.15) is 0 Å². The number of ether oxygens (including phenoxy) is 1. The van der Waals surface area contributed by atoms with Crippen molar-refractivity contribution in [1.82, 2.24) is 4.90 Å². The van der Waals surface area contributed by atoms with E-state index in [0.717, 1.165) is 25.7 Å². The van der Waals surface area contributed by atoms with Crippen molar-refractivity contribution < 1.29 is 19.1 Å². The summed E-state index contributed by atoms with van der Waals surface area (Å²) < 4.78 is 5.36. The molecule has 0 aliphatic heterocycles. The van der Waals surface area contributed by atoms with Gasteiger partial charge in [0.15, 0.2) is 6.10 Å². The Kier molecular flexibility index (Phi) is 8.15. The van der Waals surface area contributed by atoms with Gasteiger partial charge in [0.25, 0.3) is 11.8 Å². The molecule has 0 bridgehead atoms. The molecule has 2 aromatic rings. The molecule has 0 radical (unpaired) electrons. The average molecular weight is 477 g/mol. The van der Waals surface area contributed by atoms with Gasteiger partial charge in [-0.1, -0.05) is 54.6 Å². The van der Waals surface area contributed by atoms with Crippen molar-refractivity contribution in [1.29, 1.82) is 0 Å². The fourth-order valence-corrected chi connectivity index (χ4v) is 4.23. The lowest BCUT2D eigenvalue weighted by Crippen LogP contribution is -2.39. The molecule has 1 saturated carbocycles. The Morgan fingerprint density at radius 2 is 1.69 bits per heavy atom. The molecule has 1 unspecified atom stereocenters. The number of hydrogen-bond acceptors (Lipinski definition) is 4. The van der Waals surface area contributed by atoms with Crippen LogP contribution in [-0.4, -0.2) is 41.9 Å². The maximum absolute atomic E-state index is 13.1. The number of carbonyl (C=O) groups excluding carboxylic acids is 3. The van der Waals surface area contributed by atoms with Crippen LogP contribution in [0.5, 0.6) is 0 Å². The Balaban J connectivity index is 1.69. The third-order valence-corrected chi connectivity index (χ3v) is 6.21. The number of rotatable bonds is 6. The van der Waals surface area contributed by atoms with Crippen molar-refractivity contribution in [2.75, 3.05) is 12.4 Å². The van der Waals surface area contributed by atoms with Crippen molar-refractivity contribution in [2.24, 2.45) is 0 Å². The van der Waals surface area contributed by atoms with Gasteiger partial charge in [0, 0.05) is 18.1 Å². The lowest BCUT2D eigenvalue weighted by Gasteiger charge is -2.31. The highest BCUT2D eigenvalue weighted by Crippen LogP contribution is 2.26. The van der Waals surface area contributed by atoms with E-state index in [1.807, 2.05) is 0 Å². The Hall–Kier alpha value is -2.57. The third-order valence-electron chi connectivity index (χ3n) is 5.66. The number of benzene rings is 2. The summed E-state index contributed by atoms with van der Waals surface area (Å²) in [5.74, 6) is -1.52. The molecule has 1 atom stereocenters. The molecular weight excluding hydrogens is 451 g/mol. The summed E-state index contributed by atoms with van der Waals surface area (Å²) >= 11 is 11.9. The molecule has 2 aromatic carbocycles. The average Bonchev–Trinajstić information content (AvgIpc) is 2.80. The molecule has 3 rings (SSSR count). The summed E-state index contributed by atoms with van der Waals surface area (Å²) in [6.07, 6.45) is 4.18. The van der Waals surface area contributed by atoms with Crippen molar-refractivity contribution >= 4 is 46.7 Å². The summed E-state index contributed by atoms with van der Waals surface area (Å²) in [6, 6.07) is 11.3. The van der Waals surface area contributed by atoms with Crippen molar-refractivity contribution in [3.05, 3.63) is 63.6 Å². The molecular formula is C24H26Cl2N2O4. The van der Waals surface area contributed by atoms with Crippen LogP contribution in [0.4, 0.5) is 5.69 Å². The van der Waals surface area contributed by atoms with Crippen LogP contribution >= 0.6 is 23.2 Å². The number of hydrogen-bond donors (Lipinski definition) is 1. The molecule has 32 heavy (non-hydrogen) atoms. The summed E-state index contributed by atoms with van der Waals surface area (Å²) in [6.45, 7) is 1.45. The second kappa shape index (κ2) is 10.8. The summed E-state index contributed by atoms with van der Waals surface area (Å²) in [4.78, 5) is 40.1. The Morgan fingerprint density at radius 3 is 2.34 bits per heavy atom. The van der Waals surface area contributed by atoms with Crippen LogP contribution in [0.1, 0.15) is 59.7 Å². The molecule has 6 nitrogen and oxygen atoms in total. The molecule has 0 saturated heterocycles. The van der Waals surface area contributed by atoms with Crippen molar-refractivity contribution in [3.8, 4) is 0 Å². The zero-order chi connectivity index (χ0) is 23.3. The maximum atomic E-state index is 13.1. The molecule has 1 aliphatic rings. The molecule has 1 N–H and O–H groups in total. The van der Waals surface area contributed by atoms with Crippen LogP contribution in [0.25, 0.3) is 0 Å². The fraction of sp³-hybridized carbons (Fsp3) is 0.375. The molecule has 2 amide bonds. The van der Waals surface area contributed by atoms with E-state index in [1.165, 1.54) is 25.5 Å². The van der Waals surface area contributed by atoms with Gasteiger partial charge < -0.3 is 15.0 Å². The zero-order valence-electron chi connectivity index (χ0n) is 18.1. The second-order valence-corrected chi connectivity index (χ2v) is 8.76. The van der Waals surface area contributed by atoms with Gasteiger partial charge in [-0.2, -0.15) is 0 Å². The van der Waals surface area contributed by atoms with Crippen LogP contribution < -0.4 is 5.32 Å². The van der Waals surface area contributed by atoms with E-state index in [4.69, 9.17) is 27.9 Å². The first-order valence-electron chi connectivity index (χ1n) is 10.6. The molecule has 170 valence electrons. The number of halogens is 2. The molecule has 0 spiro atoms. The summed E-state index contributed by atoms with van der Waals surface area (Å²) in [5.41, 5.74) is 0.747. The summed E-state index contributed by atoms with van der Waals surface area (Å²) in [7, 11) is 1.77. The lowest BCUT2D eigenvalue weighted by atomic mass is 9.94. The van der Waals surface area contributed by atoms with E-state index in [1.54, 1.807) is 42.3 Å². The van der Waals surface area contributed by atoms with Gasteiger partial charge in [0.05, 0.1) is 21.8 Å². The first kappa shape index (κ1) is 24.1. The van der Waals surface area contributed by atoms with Crippen LogP contribution in [0.3, 0.4) is 0 Å². The first-order chi connectivity index (χ1) is 15.3. The number of carbonyl (C=O) groups is 3. The van der Waals surface area contributed by atoms with Gasteiger partial charge in [-0.05, 0) is 50.1 Å². The predicted molar refractivity (Wildman–Crippen MR) is 125 cm³/mol. The number of anilines is 1. The Bertz CT molecular complexity index is 1010. The minimum Gasteiger partial charge on any atom is -0.449 e. The van der Waals surface area contributed by atoms with E-state index in [-0.39, 0.29) is 28.1 Å². The van der Waals surface area contributed by atoms with Crippen LogP contribution in [0.15, 0.2) is 42.5 Å². The Labute approximate surface area is 197 Å². The van der Waals surface area contributed by atoms with E-state index < -0.39 is 18.0 Å². The molecule has 1 fully saturated rings. The third kappa shape index (κ3) is 5.81. The van der Waals surface area contributed by atoms with Gasteiger partial charge in [-0.25, -0.2) is 4.79 Å². The number of nitrogens with zero attached hydrogens (tertiary/aromatic N) is 1. The highest BCUT2D eigenvalue weighted by atomic mass is 35.5.